The third-order valence-electron chi connectivity index (χ3n) is 3.54. The quantitative estimate of drug-likeness (QED) is 0.781. The molecule has 1 aromatic rings. The van der Waals surface area contributed by atoms with Crippen molar-refractivity contribution in [1.82, 2.24) is 4.90 Å². The fourth-order valence-electron chi connectivity index (χ4n) is 2.32. The van der Waals surface area contributed by atoms with Gasteiger partial charge in [-0.1, -0.05) is 0 Å². The molecule has 1 aromatic carbocycles. The molecule has 2 aliphatic heterocycles. The number of carbonyl (C=O) groups is 1. The number of rotatable bonds is 4. The SMILES string of the molecule is COc1cc2c(cc1OC)CC(=O)N(CC1CO1)C=C2. The molecule has 0 aliphatic carbocycles. The van der Waals surface area contributed by atoms with Gasteiger partial charge in [-0.2, -0.15) is 0 Å². The highest BCUT2D eigenvalue weighted by molar-refractivity contribution is 5.84. The van der Waals surface area contributed by atoms with Gasteiger partial charge >= 0.3 is 0 Å². The molecule has 2 heterocycles. The molecule has 0 aromatic heterocycles. The molecule has 0 saturated carbocycles. The Bertz CT molecular complexity index is 563. The van der Waals surface area contributed by atoms with E-state index in [-0.39, 0.29) is 12.0 Å². The van der Waals surface area contributed by atoms with Crippen molar-refractivity contribution >= 4 is 12.0 Å². The normalized spacial score (nSPS) is 20.4. The fourth-order valence-corrected chi connectivity index (χ4v) is 2.32. The maximum atomic E-state index is 12.2. The molecule has 0 spiro atoms. The van der Waals surface area contributed by atoms with Crippen LogP contribution in [-0.4, -0.2) is 44.3 Å². The minimum absolute atomic E-state index is 0.0720. The maximum Gasteiger partial charge on any atom is 0.231 e. The molecule has 0 N–H and O–H groups in total. The van der Waals surface area contributed by atoms with Crippen LogP contribution in [0.3, 0.4) is 0 Å². The van der Waals surface area contributed by atoms with Crippen molar-refractivity contribution in [2.75, 3.05) is 27.4 Å². The molecule has 20 heavy (non-hydrogen) atoms. The third kappa shape index (κ3) is 2.49. The van der Waals surface area contributed by atoms with Gasteiger partial charge in [0.05, 0.1) is 39.9 Å². The van der Waals surface area contributed by atoms with E-state index in [9.17, 15) is 4.79 Å². The second kappa shape index (κ2) is 5.17. The summed E-state index contributed by atoms with van der Waals surface area (Å²) in [6.45, 7) is 1.36. The van der Waals surface area contributed by atoms with Crippen molar-refractivity contribution in [2.24, 2.45) is 0 Å². The van der Waals surface area contributed by atoms with Gasteiger partial charge in [0.1, 0.15) is 0 Å². The van der Waals surface area contributed by atoms with E-state index in [2.05, 4.69) is 0 Å². The summed E-state index contributed by atoms with van der Waals surface area (Å²) < 4.78 is 15.8. The standard InChI is InChI=1S/C15H17NO4/c1-18-13-5-10-3-4-16(8-12-9-20-12)15(17)7-11(10)6-14(13)19-2/h3-6,12H,7-9H2,1-2H3. The molecule has 106 valence electrons. The lowest BCUT2D eigenvalue weighted by molar-refractivity contribution is -0.128. The number of hydrogen-bond acceptors (Lipinski definition) is 4. The van der Waals surface area contributed by atoms with Crippen LogP contribution in [0.5, 0.6) is 11.5 Å². The van der Waals surface area contributed by atoms with Crippen molar-refractivity contribution < 1.29 is 19.0 Å². The minimum Gasteiger partial charge on any atom is -0.493 e. The second-order valence-electron chi connectivity index (χ2n) is 4.90. The molecular formula is C15H17NO4. The Kier molecular flexibility index (Phi) is 3.36. The second-order valence-corrected chi connectivity index (χ2v) is 4.90. The highest BCUT2D eigenvalue weighted by Crippen LogP contribution is 2.32. The van der Waals surface area contributed by atoms with Crippen molar-refractivity contribution in [3.05, 3.63) is 29.5 Å². The Morgan fingerprint density at radius 3 is 2.65 bits per heavy atom. The van der Waals surface area contributed by atoms with E-state index in [4.69, 9.17) is 14.2 Å². The monoisotopic (exact) mass is 275 g/mol. The Morgan fingerprint density at radius 1 is 1.30 bits per heavy atom. The van der Waals surface area contributed by atoms with E-state index >= 15 is 0 Å². The number of fused-ring (bicyclic) bond motifs is 1. The molecule has 1 fully saturated rings. The molecule has 1 unspecified atom stereocenters. The lowest BCUT2D eigenvalue weighted by Crippen LogP contribution is -2.29. The van der Waals surface area contributed by atoms with Gasteiger partial charge in [-0.3, -0.25) is 4.79 Å². The fraction of sp³-hybridized carbons (Fsp3) is 0.400. The number of ether oxygens (including phenoxy) is 3. The summed E-state index contributed by atoms with van der Waals surface area (Å²) in [6.07, 6.45) is 4.30. The average Bonchev–Trinajstić information content (AvgIpc) is 3.27. The first kappa shape index (κ1) is 13.0. The topological polar surface area (TPSA) is 51.3 Å². The molecule has 2 aliphatic rings. The van der Waals surface area contributed by atoms with Crippen molar-refractivity contribution in [2.45, 2.75) is 12.5 Å². The van der Waals surface area contributed by atoms with Crippen molar-refractivity contribution in [3.63, 3.8) is 0 Å². The van der Waals surface area contributed by atoms with Crippen LogP contribution >= 0.6 is 0 Å². The summed E-state index contributed by atoms with van der Waals surface area (Å²) in [5, 5.41) is 0. The largest absolute Gasteiger partial charge is 0.493 e. The number of carbonyl (C=O) groups excluding carboxylic acids is 1. The van der Waals surface area contributed by atoms with Gasteiger partial charge < -0.3 is 19.1 Å². The number of nitrogens with zero attached hydrogens (tertiary/aromatic N) is 1. The zero-order valence-electron chi connectivity index (χ0n) is 11.6. The molecule has 1 atom stereocenters. The summed E-state index contributed by atoms with van der Waals surface area (Å²) in [6, 6.07) is 3.77. The van der Waals surface area contributed by atoms with Gasteiger partial charge in [-0.05, 0) is 29.3 Å². The Labute approximate surface area is 117 Å². The Morgan fingerprint density at radius 2 is 2.00 bits per heavy atom. The van der Waals surface area contributed by atoms with E-state index in [0.29, 0.717) is 24.5 Å². The summed E-state index contributed by atoms with van der Waals surface area (Å²) >= 11 is 0. The lowest BCUT2D eigenvalue weighted by atomic mass is 10.0. The van der Waals surface area contributed by atoms with E-state index in [1.807, 2.05) is 24.4 Å². The van der Waals surface area contributed by atoms with Crippen molar-refractivity contribution in [1.29, 1.82) is 0 Å². The van der Waals surface area contributed by atoms with Crippen molar-refractivity contribution in [3.8, 4) is 11.5 Å². The molecule has 1 amide bonds. The summed E-state index contributed by atoms with van der Waals surface area (Å²) in [5.41, 5.74) is 1.93. The van der Waals surface area contributed by atoms with E-state index in [1.54, 1.807) is 19.1 Å². The molecular weight excluding hydrogens is 258 g/mol. The highest BCUT2D eigenvalue weighted by atomic mass is 16.6. The molecule has 1 saturated heterocycles. The van der Waals surface area contributed by atoms with Gasteiger partial charge in [0, 0.05) is 6.20 Å². The van der Waals surface area contributed by atoms with Crippen LogP contribution in [0.25, 0.3) is 6.08 Å². The van der Waals surface area contributed by atoms with Gasteiger partial charge in [0.15, 0.2) is 11.5 Å². The first-order valence-corrected chi connectivity index (χ1v) is 6.55. The minimum atomic E-state index is 0.0720. The van der Waals surface area contributed by atoms with E-state index in [1.165, 1.54) is 0 Å². The molecule has 3 rings (SSSR count). The zero-order chi connectivity index (χ0) is 14.1. The predicted molar refractivity (Wildman–Crippen MR) is 73.7 cm³/mol. The zero-order valence-corrected chi connectivity index (χ0v) is 11.6. The van der Waals surface area contributed by atoms with Crippen LogP contribution in [0.2, 0.25) is 0 Å². The summed E-state index contributed by atoms with van der Waals surface area (Å²) in [5.74, 6) is 1.39. The number of benzene rings is 1. The lowest BCUT2D eigenvalue weighted by Gasteiger charge is -2.15. The van der Waals surface area contributed by atoms with Crippen LogP contribution in [0, 0.1) is 0 Å². The van der Waals surface area contributed by atoms with Gasteiger partial charge in [0.25, 0.3) is 0 Å². The van der Waals surface area contributed by atoms with Gasteiger partial charge in [0.2, 0.25) is 5.91 Å². The first-order chi connectivity index (χ1) is 9.71. The Balaban J connectivity index is 1.91. The van der Waals surface area contributed by atoms with Crippen LogP contribution in [0.4, 0.5) is 0 Å². The number of epoxide rings is 1. The molecule has 0 radical (unpaired) electrons. The number of methoxy groups -OCH3 is 2. The predicted octanol–water partition coefficient (Wildman–Crippen LogP) is 1.46. The third-order valence-corrected chi connectivity index (χ3v) is 3.54. The van der Waals surface area contributed by atoms with Crippen LogP contribution in [0.1, 0.15) is 11.1 Å². The Hall–Kier alpha value is -2.01. The van der Waals surface area contributed by atoms with E-state index in [0.717, 1.165) is 17.7 Å². The molecule has 5 nitrogen and oxygen atoms in total. The first-order valence-electron chi connectivity index (χ1n) is 6.55. The average molecular weight is 275 g/mol. The smallest absolute Gasteiger partial charge is 0.231 e. The van der Waals surface area contributed by atoms with E-state index < -0.39 is 0 Å². The van der Waals surface area contributed by atoms with Crippen LogP contribution in [-0.2, 0) is 16.0 Å². The molecule has 5 heteroatoms. The van der Waals surface area contributed by atoms with Gasteiger partial charge in [-0.25, -0.2) is 0 Å². The maximum absolute atomic E-state index is 12.2. The summed E-state index contributed by atoms with van der Waals surface area (Å²) in [4.78, 5) is 14.0. The number of hydrogen-bond donors (Lipinski definition) is 0. The molecule has 0 bridgehead atoms. The van der Waals surface area contributed by atoms with Crippen LogP contribution in [0.15, 0.2) is 18.3 Å². The van der Waals surface area contributed by atoms with Crippen LogP contribution < -0.4 is 9.47 Å². The number of amides is 1. The van der Waals surface area contributed by atoms with Gasteiger partial charge in [-0.15, -0.1) is 0 Å². The highest BCUT2D eigenvalue weighted by Gasteiger charge is 2.28. The summed E-state index contributed by atoms with van der Waals surface area (Å²) in [7, 11) is 3.20.